The van der Waals surface area contributed by atoms with Gasteiger partial charge < -0.3 is 10.6 Å². The number of rotatable bonds is 13. The molecule has 5 nitrogen and oxygen atoms in total. The number of benzene rings is 6. The molecule has 0 aliphatic carbocycles. The van der Waals surface area contributed by atoms with Crippen molar-refractivity contribution in [3.8, 4) is 0 Å². The summed E-state index contributed by atoms with van der Waals surface area (Å²) in [5.41, 5.74) is 2.07. The van der Waals surface area contributed by atoms with Gasteiger partial charge in [-0.25, -0.2) is 0 Å². The van der Waals surface area contributed by atoms with Crippen LogP contribution in [-0.4, -0.2) is 18.5 Å². The van der Waals surface area contributed by atoms with Crippen LogP contribution < -0.4 is 10.6 Å². The summed E-state index contributed by atoms with van der Waals surface area (Å²) < 4.78 is 0. The molecule has 50 heavy (non-hydrogen) atoms. The van der Waals surface area contributed by atoms with Crippen molar-refractivity contribution in [2.75, 3.05) is 10.6 Å². The molecular weight excluding hydrogens is 655 g/mol. The van der Waals surface area contributed by atoms with Gasteiger partial charge in [0.1, 0.15) is 5.41 Å². The molecule has 7 heteroatoms. The largest absolute Gasteiger partial charge is 0.324 e. The topological polar surface area (TPSA) is 70.6 Å². The number of aliphatic imine (C=N–C) groups is 1. The first-order valence-corrected chi connectivity index (χ1v) is 18.2. The van der Waals surface area contributed by atoms with E-state index in [1.165, 1.54) is 27.7 Å². The number of nitrogens with one attached hydrogen (secondary N) is 2. The number of hydrogen-bond acceptors (Lipinski definition) is 5. The van der Waals surface area contributed by atoms with E-state index in [1.807, 2.05) is 170 Å². The summed E-state index contributed by atoms with van der Waals surface area (Å²) in [4.78, 5) is 34.6. The summed E-state index contributed by atoms with van der Waals surface area (Å²) >= 11 is 0. The molecule has 0 aliphatic rings. The third-order valence-corrected chi connectivity index (χ3v) is 11.0. The summed E-state index contributed by atoms with van der Waals surface area (Å²) in [5.74, 6) is -0.538. The van der Waals surface area contributed by atoms with Crippen molar-refractivity contribution < 1.29 is 9.59 Å². The predicted octanol–water partition coefficient (Wildman–Crippen LogP) is 10.2. The van der Waals surface area contributed by atoms with E-state index in [2.05, 4.69) is 28.9 Å². The Hall–Kier alpha value is -5.63. The molecule has 0 spiro atoms. The van der Waals surface area contributed by atoms with Gasteiger partial charge in [-0.15, -0.1) is 0 Å². The third kappa shape index (κ3) is 6.79. The van der Waals surface area contributed by atoms with E-state index >= 15 is 0 Å². The van der Waals surface area contributed by atoms with Crippen LogP contribution in [0, 0.1) is 0 Å². The second-order valence-corrected chi connectivity index (χ2v) is 13.6. The first kappa shape index (κ1) is 34.2. The van der Waals surface area contributed by atoms with Gasteiger partial charge >= 0.3 is 0 Å². The van der Waals surface area contributed by atoms with Crippen LogP contribution in [0.3, 0.4) is 0 Å². The predicted molar refractivity (Wildman–Crippen MR) is 209 cm³/mol. The molecule has 1 atom stereocenters. The lowest BCUT2D eigenvalue weighted by molar-refractivity contribution is -0.120. The smallest absolute Gasteiger partial charge is 0.260 e. The Kier molecular flexibility index (Phi) is 10.8. The summed E-state index contributed by atoms with van der Waals surface area (Å²) in [6.07, 6.45) is 1.51. The van der Waals surface area contributed by atoms with E-state index in [9.17, 15) is 9.59 Å². The van der Waals surface area contributed by atoms with Gasteiger partial charge in [-0.2, -0.15) is 0 Å². The van der Waals surface area contributed by atoms with Crippen molar-refractivity contribution in [2.45, 2.75) is 20.7 Å². The molecule has 0 bridgehead atoms. The summed E-state index contributed by atoms with van der Waals surface area (Å²) in [6, 6.07) is 54.2. The molecular formula is C43H35N3O2S2. The number of hydrogen-bond donors (Lipinski definition) is 2. The summed E-state index contributed by atoms with van der Waals surface area (Å²) in [7, 11) is 2.97. The molecule has 2 amide bonds. The Morgan fingerprint density at radius 2 is 0.840 bits per heavy atom. The Labute approximate surface area is 301 Å². The van der Waals surface area contributed by atoms with Crippen molar-refractivity contribution in [1.29, 1.82) is 0 Å². The van der Waals surface area contributed by atoms with E-state index in [4.69, 9.17) is 0 Å². The fourth-order valence-corrected chi connectivity index (χ4v) is 8.30. The Balaban J connectivity index is 1.30. The number of anilines is 2. The van der Waals surface area contributed by atoms with E-state index in [-0.39, 0.29) is 11.8 Å². The second kappa shape index (κ2) is 15.7. The van der Waals surface area contributed by atoms with Crippen LogP contribution in [0.2, 0.25) is 0 Å². The third-order valence-electron chi connectivity index (χ3n) is 8.56. The van der Waals surface area contributed by atoms with Gasteiger partial charge in [0, 0.05) is 9.79 Å². The molecule has 0 heterocycles. The normalized spacial score (nSPS) is 12.2. The molecule has 6 rings (SSSR count). The average molecular weight is 690 g/mol. The first-order chi connectivity index (χ1) is 24.5. The number of para-hydroxylation sites is 2. The fourth-order valence-electron chi connectivity index (χ4n) is 6.03. The quantitative estimate of drug-likeness (QED) is 0.0548. The van der Waals surface area contributed by atoms with Crippen molar-refractivity contribution >= 4 is 51.5 Å². The molecule has 0 aromatic heterocycles. The van der Waals surface area contributed by atoms with Crippen LogP contribution in [-0.2, 0) is 20.5 Å². The van der Waals surface area contributed by atoms with Gasteiger partial charge in [-0.05, 0) is 53.2 Å². The van der Waals surface area contributed by atoms with E-state index in [0.717, 1.165) is 26.5 Å². The van der Waals surface area contributed by atoms with Gasteiger partial charge in [0.25, 0.3) is 5.91 Å². The maximum atomic E-state index is 14.9. The zero-order valence-corrected chi connectivity index (χ0v) is 28.9. The highest BCUT2D eigenvalue weighted by Gasteiger charge is 2.44. The number of carbonyl (C=O) groups excluding carboxylic acids is 2. The molecule has 0 aliphatic heterocycles. The summed E-state index contributed by atoms with van der Waals surface area (Å²) in [5, 5.41) is 6.37. The maximum absolute atomic E-state index is 14.9. The van der Waals surface area contributed by atoms with Crippen LogP contribution in [0.4, 0.5) is 11.4 Å². The molecule has 0 fully saturated rings. The number of nitrogens with zero attached hydrogens (tertiary/aromatic N) is 1. The van der Waals surface area contributed by atoms with E-state index in [0.29, 0.717) is 16.9 Å². The van der Waals surface area contributed by atoms with Crippen LogP contribution >= 0.6 is 21.6 Å². The molecule has 6 aromatic carbocycles. The van der Waals surface area contributed by atoms with Crippen molar-refractivity contribution in [3.63, 3.8) is 0 Å². The SMILES string of the molecule is C=C[C@](N=C)(C(=O)Nc1ccccc1SSc1ccccc1NC(=O)C(c1ccccc1)(c1ccccc1)c1ccccc1)c1ccccc1. The molecule has 0 saturated carbocycles. The Morgan fingerprint density at radius 1 is 0.500 bits per heavy atom. The van der Waals surface area contributed by atoms with Gasteiger partial charge in [0.05, 0.1) is 11.4 Å². The zero-order chi connectivity index (χ0) is 34.8. The minimum absolute atomic E-state index is 0.176. The lowest BCUT2D eigenvalue weighted by Gasteiger charge is -2.34. The van der Waals surface area contributed by atoms with E-state index in [1.54, 1.807) is 0 Å². The standard InChI is InChI=1S/C43H35N3O2S2/c1-3-42(44-2,32-20-8-4-9-21-32)40(47)45-36-28-16-18-30-38(36)49-50-39-31-19-17-29-37(39)46-41(48)43(33-22-10-5-11-23-33,34-24-12-6-13-25-34)35-26-14-7-15-27-35/h3-31H,1-2H2,(H,45,47)(H,46,48)/t42-/m1/s1. The van der Waals surface area contributed by atoms with Crippen molar-refractivity contribution in [1.82, 2.24) is 0 Å². The maximum Gasteiger partial charge on any atom is 0.260 e. The highest BCUT2D eigenvalue weighted by molar-refractivity contribution is 8.76. The second-order valence-electron chi connectivity index (χ2n) is 11.4. The minimum atomic E-state index is -1.36. The fraction of sp³-hybridized carbons (Fsp3) is 0.0465. The Bertz CT molecular complexity index is 1980. The van der Waals surface area contributed by atoms with Crippen LogP contribution in [0.5, 0.6) is 0 Å². The molecule has 0 saturated heterocycles. The molecule has 2 N–H and O–H groups in total. The van der Waals surface area contributed by atoms with Gasteiger partial charge in [-0.1, -0.05) is 180 Å². The van der Waals surface area contributed by atoms with Gasteiger partial charge in [-0.3, -0.25) is 14.6 Å². The average Bonchev–Trinajstić information content (AvgIpc) is 3.18. The van der Waals surface area contributed by atoms with Crippen molar-refractivity contribution in [3.05, 3.63) is 205 Å². The first-order valence-electron chi connectivity index (χ1n) is 16.0. The van der Waals surface area contributed by atoms with E-state index < -0.39 is 11.0 Å². The molecule has 0 unspecified atom stereocenters. The van der Waals surface area contributed by atoms with Crippen LogP contribution in [0.25, 0.3) is 0 Å². The van der Waals surface area contributed by atoms with Crippen molar-refractivity contribution in [2.24, 2.45) is 4.99 Å². The number of amides is 2. The van der Waals surface area contributed by atoms with Crippen LogP contribution in [0.15, 0.2) is 197 Å². The summed E-state index contributed by atoms with van der Waals surface area (Å²) in [6.45, 7) is 7.64. The van der Waals surface area contributed by atoms with Gasteiger partial charge in [0.2, 0.25) is 5.91 Å². The number of carbonyl (C=O) groups is 2. The molecule has 6 aromatic rings. The minimum Gasteiger partial charge on any atom is -0.324 e. The molecule has 246 valence electrons. The Morgan fingerprint density at radius 3 is 1.22 bits per heavy atom. The highest BCUT2D eigenvalue weighted by Crippen LogP contribution is 2.45. The lowest BCUT2D eigenvalue weighted by Crippen LogP contribution is -2.42. The van der Waals surface area contributed by atoms with Crippen LogP contribution in [0.1, 0.15) is 22.3 Å². The monoisotopic (exact) mass is 689 g/mol. The highest BCUT2D eigenvalue weighted by atomic mass is 33.1. The molecule has 0 radical (unpaired) electrons. The van der Waals surface area contributed by atoms with Gasteiger partial charge in [0.15, 0.2) is 5.54 Å². The lowest BCUT2D eigenvalue weighted by atomic mass is 9.68. The zero-order valence-electron chi connectivity index (χ0n) is 27.2.